The molecule has 0 fully saturated rings. The molecule has 24 heavy (non-hydrogen) atoms. The van der Waals surface area contributed by atoms with Gasteiger partial charge in [-0.05, 0) is 25.2 Å². The molecule has 0 aliphatic heterocycles. The van der Waals surface area contributed by atoms with Crippen LogP contribution in [0, 0.1) is 0 Å². The molecule has 138 valence electrons. The summed E-state index contributed by atoms with van der Waals surface area (Å²) in [5, 5.41) is 2.68. The predicted octanol–water partition coefficient (Wildman–Crippen LogP) is 2.55. The molecule has 3 N–H and O–H groups in total. The third-order valence-corrected chi connectivity index (χ3v) is 2.62. The first-order valence-corrected chi connectivity index (χ1v) is 8.30. The Morgan fingerprint density at radius 1 is 1.21 bits per heavy atom. The summed E-state index contributed by atoms with van der Waals surface area (Å²) < 4.78 is 5.08. The van der Waals surface area contributed by atoms with Crippen LogP contribution in [-0.4, -0.2) is 44.5 Å². The Morgan fingerprint density at radius 3 is 2.12 bits per heavy atom. The van der Waals surface area contributed by atoms with Crippen molar-refractivity contribution in [3.63, 3.8) is 0 Å². The van der Waals surface area contributed by atoms with Crippen LogP contribution in [0.25, 0.3) is 0 Å². The molecule has 0 heterocycles. The first kappa shape index (κ1) is 24.3. The van der Waals surface area contributed by atoms with E-state index in [0.29, 0.717) is 19.5 Å². The molecule has 1 rings (SSSR count). The normalized spacial score (nSPS) is 9.12. The molecule has 0 aromatic heterocycles. The van der Waals surface area contributed by atoms with Crippen molar-refractivity contribution >= 4 is 12.4 Å². The number of rotatable bonds is 7. The topological polar surface area (TPSA) is 84.7 Å². The third kappa shape index (κ3) is 15.0. The zero-order valence-corrected chi connectivity index (χ0v) is 15.7. The average molecular weight is 339 g/mol. The van der Waals surface area contributed by atoms with Gasteiger partial charge in [-0.15, -0.1) is 0 Å². The Kier molecular flexibility index (Phi) is 17.7. The summed E-state index contributed by atoms with van der Waals surface area (Å²) in [7, 11) is 3.90. The van der Waals surface area contributed by atoms with E-state index in [9.17, 15) is 9.59 Å². The minimum absolute atomic E-state index is 0.276. The molecule has 1 aromatic carbocycles. The Hall–Kier alpha value is -1.92. The summed E-state index contributed by atoms with van der Waals surface area (Å²) in [5.41, 5.74) is 7.52. The van der Waals surface area contributed by atoms with Gasteiger partial charge in [-0.3, -0.25) is 0 Å². The van der Waals surface area contributed by atoms with Crippen molar-refractivity contribution in [2.45, 2.75) is 40.3 Å². The van der Waals surface area contributed by atoms with E-state index >= 15 is 0 Å². The van der Waals surface area contributed by atoms with Gasteiger partial charge < -0.3 is 25.5 Å². The lowest BCUT2D eigenvalue weighted by Gasteiger charge is -2.10. The van der Waals surface area contributed by atoms with Crippen LogP contribution >= 0.6 is 0 Å². The van der Waals surface area contributed by atoms with Gasteiger partial charge in [-0.1, -0.05) is 45.0 Å². The molecule has 0 aliphatic carbocycles. The Morgan fingerprint density at radius 2 is 1.71 bits per heavy atom. The number of aldehydes is 1. The number of amides is 1. The van der Waals surface area contributed by atoms with Gasteiger partial charge in [0.2, 0.25) is 0 Å². The van der Waals surface area contributed by atoms with Crippen molar-refractivity contribution in [1.29, 1.82) is 0 Å². The first-order chi connectivity index (χ1) is 11.5. The number of likely N-dealkylation sites (N-methyl/N-ethyl adjacent to an activating group) is 1. The zero-order chi connectivity index (χ0) is 18.8. The smallest absolute Gasteiger partial charge is 0.407 e. The van der Waals surface area contributed by atoms with Crippen molar-refractivity contribution < 1.29 is 14.3 Å². The van der Waals surface area contributed by atoms with Gasteiger partial charge in [0.15, 0.2) is 0 Å². The number of benzene rings is 1. The lowest BCUT2D eigenvalue weighted by molar-refractivity contribution is -0.107. The van der Waals surface area contributed by atoms with Crippen LogP contribution in [0.1, 0.15) is 38.3 Å². The van der Waals surface area contributed by atoms with Gasteiger partial charge >= 0.3 is 6.09 Å². The van der Waals surface area contributed by atoms with E-state index in [1.807, 2.05) is 64.0 Å². The maximum absolute atomic E-state index is 11.3. The minimum atomic E-state index is -0.389. The number of carbonyl (C=O) groups is 2. The summed E-state index contributed by atoms with van der Waals surface area (Å²) >= 11 is 0. The first-order valence-electron chi connectivity index (χ1n) is 8.30. The highest BCUT2D eigenvalue weighted by atomic mass is 16.5. The van der Waals surface area contributed by atoms with Crippen LogP contribution in [0.3, 0.4) is 0 Å². The van der Waals surface area contributed by atoms with Gasteiger partial charge in [0.1, 0.15) is 12.9 Å². The number of hydrogen-bond acceptors (Lipinski definition) is 5. The maximum Gasteiger partial charge on any atom is 0.407 e. The number of ether oxygens (including phenoxy) is 1. The SMILES string of the molecule is CC.CCC=O.CN(C)CCNC(=O)OCc1ccc(CN)cc1. The molecule has 1 aromatic rings. The highest BCUT2D eigenvalue weighted by molar-refractivity contribution is 5.67. The van der Waals surface area contributed by atoms with Gasteiger partial charge in [0.25, 0.3) is 0 Å². The van der Waals surface area contributed by atoms with Crippen LogP contribution in [0.4, 0.5) is 4.79 Å². The number of alkyl carbamates (subject to hydrolysis) is 1. The van der Waals surface area contributed by atoms with Gasteiger partial charge in [-0.25, -0.2) is 4.79 Å². The van der Waals surface area contributed by atoms with Crippen LogP contribution in [0.5, 0.6) is 0 Å². The van der Waals surface area contributed by atoms with E-state index in [1.165, 1.54) is 0 Å². The quantitative estimate of drug-likeness (QED) is 0.746. The highest BCUT2D eigenvalue weighted by Gasteiger charge is 2.02. The summed E-state index contributed by atoms with van der Waals surface area (Å²) in [6.45, 7) is 7.98. The summed E-state index contributed by atoms with van der Waals surface area (Å²) in [6.07, 6.45) is 1.12. The molecule has 0 aliphatic rings. The minimum Gasteiger partial charge on any atom is -0.445 e. The number of nitrogens with one attached hydrogen (secondary N) is 1. The van der Waals surface area contributed by atoms with E-state index in [1.54, 1.807) is 0 Å². The van der Waals surface area contributed by atoms with Crippen molar-refractivity contribution in [2.24, 2.45) is 5.73 Å². The third-order valence-electron chi connectivity index (χ3n) is 2.62. The molecule has 0 saturated heterocycles. The molecule has 0 bridgehead atoms. The molecule has 0 spiro atoms. The molecule has 1 amide bonds. The summed E-state index contributed by atoms with van der Waals surface area (Å²) in [4.78, 5) is 22.5. The molecule has 6 heteroatoms. The van der Waals surface area contributed by atoms with Crippen molar-refractivity contribution in [3.05, 3.63) is 35.4 Å². The van der Waals surface area contributed by atoms with Crippen LogP contribution in [-0.2, 0) is 22.7 Å². The van der Waals surface area contributed by atoms with Crippen molar-refractivity contribution in [1.82, 2.24) is 10.2 Å². The van der Waals surface area contributed by atoms with Crippen molar-refractivity contribution in [3.8, 4) is 0 Å². The largest absolute Gasteiger partial charge is 0.445 e. The van der Waals surface area contributed by atoms with Crippen LogP contribution < -0.4 is 11.1 Å². The van der Waals surface area contributed by atoms with Gasteiger partial charge in [0, 0.05) is 26.1 Å². The number of carbonyl (C=O) groups excluding carboxylic acids is 2. The molecule has 0 saturated carbocycles. The second kappa shape index (κ2) is 17.4. The molecule has 0 unspecified atom stereocenters. The lowest BCUT2D eigenvalue weighted by Crippen LogP contribution is -2.31. The summed E-state index contributed by atoms with van der Waals surface area (Å²) in [6, 6.07) is 7.69. The monoisotopic (exact) mass is 339 g/mol. The second-order valence-electron chi connectivity index (χ2n) is 4.90. The van der Waals surface area contributed by atoms with E-state index in [-0.39, 0.29) is 12.7 Å². The Bertz CT molecular complexity index is 420. The molecule has 6 nitrogen and oxygen atoms in total. The number of nitrogens with zero attached hydrogens (tertiary/aromatic N) is 1. The van der Waals surface area contributed by atoms with E-state index in [2.05, 4.69) is 5.32 Å². The second-order valence-corrected chi connectivity index (χ2v) is 4.90. The van der Waals surface area contributed by atoms with Crippen LogP contribution in [0.15, 0.2) is 24.3 Å². The number of hydrogen-bond donors (Lipinski definition) is 2. The molecular formula is C18H33N3O3. The summed E-state index contributed by atoms with van der Waals surface area (Å²) in [5.74, 6) is 0. The van der Waals surface area contributed by atoms with Crippen LogP contribution in [0.2, 0.25) is 0 Å². The Labute approximate surface area is 146 Å². The predicted molar refractivity (Wildman–Crippen MR) is 98.8 cm³/mol. The van der Waals surface area contributed by atoms with E-state index in [0.717, 1.165) is 24.0 Å². The fourth-order valence-electron chi connectivity index (χ4n) is 1.35. The van der Waals surface area contributed by atoms with Gasteiger partial charge in [-0.2, -0.15) is 0 Å². The standard InChI is InChI=1S/C13H21N3O2.C3H6O.C2H6/c1-16(2)8-7-15-13(17)18-10-12-5-3-11(9-14)4-6-12;1-2-3-4;1-2/h3-6H,7-10,14H2,1-2H3,(H,15,17);3H,2H2,1H3;1-2H3. The maximum atomic E-state index is 11.3. The molecular weight excluding hydrogens is 306 g/mol. The lowest BCUT2D eigenvalue weighted by atomic mass is 10.1. The van der Waals surface area contributed by atoms with E-state index in [4.69, 9.17) is 10.5 Å². The molecule has 0 radical (unpaired) electrons. The average Bonchev–Trinajstić information content (AvgIpc) is 2.62. The highest BCUT2D eigenvalue weighted by Crippen LogP contribution is 2.05. The zero-order valence-electron chi connectivity index (χ0n) is 15.7. The molecule has 0 atom stereocenters. The number of nitrogens with two attached hydrogens (primary N) is 1. The van der Waals surface area contributed by atoms with Gasteiger partial charge in [0.05, 0.1) is 0 Å². The Balaban J connectivity index is 0. The fraction of sp³-hybridized carbons (Fsp3) is 0.556. The fourth-order valence-corrected chi connectivity index (χ4v) is 1.35. The van der Waals surface area contributed by atoms with E-state index < -0.39 is 0 Å². The van der Waals surface area contributed by atoms with Crippen molar-refractivity contribution in [2.75, 3.05) is 27.2 Å².